The smallest absolute Gasteiger partial charge is 0.331 e. The summed E-state index contributed by atoms with van der Waals surface area (Å²) in [4.78, 5) is 12.0. The summed E-state index contributed by atoms with van der Waals surface area (Å²) < 4.78 is 55.2. The van der Waals surface area contributed by atoms with Gasteiger partial charge in [-0.3, -0.25) is 0 Å². The maximum Gasteiger partial charge on any atom is 0.331 e. The molecule has 4 saturated carbocycles. The van der Waals surface area contributed by atoms with Crippen molar-refractivity contribution in [3.8, 4) is 0 Å². The van der Waals surface area contributed by atoms with E-state index in [1.807, 2.05) is 41.5 Å². The second-order valence-corrected chi connectivity index (χ2v) is 20.4. The Labute approximate surface area is 342 Å². The molecule has 14 nitrogen and oxygen atoms in total. The summed E-state index contributed by atoms with van der Waals surface area (Å²) in [6.07, 6.45) is 1.77. The Bertz CT molecular complexity index is 1550. The number of rotatable bonds is 7. The first-order chi connectivity index (χ1) is 27.4. The molecular formula is C44H68O14. The van der Waals surface area contributed by atoms with Crippen LogP contribution in [0.25, 0.3) is 0 Å². The van der Waals surface area contributed by atoms with Crippen LogP contribution in [0.15, 0.2) is 11.6 Å². The number of carbonyl (C=O) groups is 1. The van der Waals surface area contributed by atoms with Gasteiger partial charge in [0.2, 0.25) is 0 Å². The Kier molecular flexibility index (Phi) is 11.0. The van der Waals surface area contributed by atoms with Crippen LogP contribution >= 0.6 is 0 Å². The molecule has 0 aromatic rings. The molecule has 58 heavy (non-hydrogen) atoms. The van der Waals surface area contributed by atoms with Crippen molar-refractivity contribution < 1.29 is 67.9 Å². The number of hydrogen-bond acceptors (Lipinski definition) is 14. The van der Waals surface area contributed by atoms with Crippen molar-refractivity contribution in [3.63, 3.8) is 0 Å². The SMILES string of the molecule is CC1O[C@@H](O[C@H]2CC[C@@]3(C)[C@H](CC[C@@H]4[C@@H]3C[C@@H](O)[C@]3(C)[C@@H](C5=CC(=O)OC5)CC[C@]43O)C2)C[C@@H](O)C1O[C@@H]1C[C@@H](O)C(O[C@H]2C[C@H]3OC(C)(C)OC3C(C)O2)C(C)O1. The highest BCUT2D eigenvalue weighted by atomic mass is 16.8. The van der Waals surface area contributed by atoms with Gasteiger partial charge in [0.25, 0.3) is 0 Å². The van der Waals surface area contributed by atoms with Crippen LogP contribution in [-0.4, -0.2) is 130 Å². The average Bonchev–Trinajstić information content (AvgIpc) is 3.80. The zero-order chi connectivity index (χ0) is 41.1. The normalized spacial score (nSPS) is 55.2. The zero-order valence-electron chi connectivity index (χ0n) is 35.3. The number of ether oxygens (including phenoxy) is 9. The van der Waals surface area contributed by atoms with Gasteiger partial charge in [0.15, 0.2) is 24.7 Å². The molecule has 4 saturated heterocycles. The predicted octanol–water partition coefficient (Wildman–Crippen LogP) is 4.02. The first kappa shape index (κ1) is 42.1. The molecule has 0 bridgehead atoms. The van der Waals surface area contributed by atoms with Crippen LogP contribution < -0.4 is 0 Å². The van der Waals surface area contributed by atoms with Crippen LogP contribution in [0.4, 0.5) is 0 Å². The van der Waals surface area contributed by atoms with Gasteiger partial charge < -0.3 is 63.1 Å². The Morgan fingerprint density at radius 1 is 0.707 bits per heavy atom. The molecule has 8 fully saturated rings. The van der Waals surface area contributed by atoms with E-state index < -0.39 is 78.4 Å². The molecule has 0 amide bonds. The first-order valence-corrected chi connectivity index (χ1v) is 22.3. The molecular weight excluding hydrogens is 752 g/mol. The quantitative estimate of drug-likeness (QED) is 0.214. The summed E-state index contributed by atoms with van der Waals surface area (Å²) in [5.74, 6) is -0.440. The summed E-state index contributed by atoms with van der Waals surface area (Å²) in [5.41, 5.74) is -0.861. The van der Waals surface area contributed by atoms with E-state index >= 15 is 0 Å². The Morgan fingerprint density at radius 2 is 1.34 bits per heavy atom. The van der Waals surface area contributed by atoms with E-state index in [1.165, 1.54) is 0 Å². The average molecular weight is 821 g/mol. The zero-order valence-corrected chi connectivity index (χ0v) is 35.3. The van der Waals surface area contributed by atoms with Gasteiger partial charge in [-0.15, -0.1) is 0 Å². The van der Waals surface area contributed by atoms with E-state index in [0.29, 0.717) is 25.2 Å². The topological polar surface area (TPSA) is 181 Å². The number of aliphatic hydroxyl groups excluding tert-OH is 3. The van der Waals surface area contributed by atoms with Gasteiger partial charge in [-0.2, -0.15) is 0 Å². The fourth-order valence-electron chi connectivity index (χ4n) is 13.7. The molecule has 0 spiro atoms. The second-order valence-electron chi connectivity index (χ2n) is 20.4. The molecule has 4 N–H and O–H groups in total. The van der Waals surface area contributed by atoms with Gasteiger partial charge in [0.05, 0.1) is 54.4 Å². The third kappa shape index (κ3) is 7.05. The third-order valence-electron chi connectivity index (χ3n) is 16.8. The Hall–Kier alpha value is -1.27. The molecule has 5 heterocycles. The van der Waals surface area contributed by atoms with Gasteiger partial charge in [-0.05, 0) is 121 Å². The van der Waals surface area contributed by atoms with Gasteiger partial charge in [0, 0.05) is 30.8 Å². The monoisotopic (exact) mass is 820 g/mol. The lowest BCUT2D eigenvalue weighted by atomic mass is 9.42. The fraction of sp³-hybridized carbons (Fsp3) is 0.932. The van der Waals surface area contributed by atoms with Crippen molar-refractivity contribution in [1.82, 2.24) is 0 Å². The van der Waals surface area contributed by atoms with Gasteiger partial charge in [-0.1, -0.05) is 13.8 Å². The molecule has 14 heteroatoms. The molecule has 5 aliphatic heterocycles. The number of esters is 1. The largest absolute Gasteiger partial charge is 0.458 e. The summed E-state index contributed by atoms with van der Waals surface area (Å²) in [6.45, 7) is 14.1. The number of hydrogen-bond donors (Lipinski definition) is 4. The second kappa shape index (κ2) is 15.2. The van der Waals surface area contributed by atoms with E-state index in [2.05, 4.69) is 6.92 Å². The number of fused-ring (bicyclic) bond motifs is 6. The summed E-state index contributed by atoms with van der Waals surface area (Å²) >= 11 is 0. The van der Waals surface area contributed by atoms with E-state index in [-0.39, 0.29) is 73.0 Å². The molecule has 21 atom stereocenters. The van der Waals surface area contributed by atoms with Crippen molar-refractivity contribution in [2.45, 2.75) is 216 Å². The molecule has 0 aromatic carbocycles. The van der Waals surface area contributed by atoms with Crippen molar-refractivity contribution in [2.24, 2.45) is 34.5 Å². The van der Waals surface area contributed by atoms with Crippen LogP contribution in [0.3, 0.4) is 0 Å². The molecule has 6 unspecified atom stereocenters. The number of aliphatic hydroxyl groups is 4. The minimum atomic E-state index is -1.01. The molecule has 0 aromatic heterocycles. The minimum absolute atomic E-state index is 0.0306. The first-order valence-electron chi connectivity index (χ1n) is 22.3. The van der Waals surface area contributed by atoms with E-state index in [0.717, 1.165) is 44.1 Å². The van der Waals surface area contributed by atoms with Crippen LogP contribution in [0.1, 0.15) is 119 Å². The van der Waals surface area contributed by atoms with Crippen molar-refractivity contribution in [3.05, 3.63) is 11.6 Å². The van der Waals surface area contributed by atoms with Crippen molar-refractivity contribution in [1.29, 1.82) is 0 Å². The van der Waals surface area contributed by atoms with Gasteiger partial charge in [-0.25, -0.2) is 4.79 Å². The van der Waals surface area contributed by atoms with Crippen molar-refractivity contribution in [2.75, 3.05) is 6.61 Å². The highest BCUT2D eigenvalue weighted by Crippen LogP contribution is 2.70. The molecule has 328 valence electrons. The van der Waals surface area contributed by atoms with E-state index in [1.54, 1.807) is 6.08 Å². The number of carbonyl (C=O) groups excluding carboxylic acids is 1. The molecule has 4 aliphatic carbocycles. The van der Waals surface area contributed by atoms with Crippen LogP contribution in [0, 0.1) is 34.5 Å². The number of cyclic esters (lactones) is 1. The lowest BCUT2D eigenvalue weighted by Crippen LogP contribution is -2.67. The highest BCUT2D eigenvalue weighted by Gasteiger charge is 2.71. The minimum Gasteiger partial charge on any atom is -0.458 e. The van der Waals surface area contributed by atoms with Crippen LogP contribution in [0.5, 0.6) is 0 Å². The van der Waals surface area contributed by atoms with E-state index in [9.17, 15) is 25.2 Å². The van der Waals surface area contributed by atoms with Crippen LogP contribution in [0.2, 0.25) is 0 Å². The lowest BCUT2D eigenvalue weighted by molar-refractivity contribution is -0.334. The Balaban J connectivity index is 0.765. The predicted molar refractivity (Wildman–Crippen MR) is 204 cm³/mol. The third-order valence-corrected chi connectivity index (χ3v) is 16.8. The van der Waals surface area contributed by atoms with Gasteiger partial charge in [0.1, 0.15) is 24.9 Å². The van der Waals surface area contributed by atoms with E-state index in [4.69, 9.17) is 42.6 Å². The maximum absolute atomic E-state index is 12.6. The highest BCUT2D eigenvalue weighted by molar-refractivity contribution is 5.85. The maximum atomic E-state index is 12.6. The summed E-state index contributed by atoms with van der Waals surface area (Å²) in [7, 11) is 0. The van der Waals surface area contributed by atoms with Gasteiger partial charge >= 0.3 is 5.97 Å². The summed E-state index contributed by atoms with van der Waals surface area (Å²) in [5, 5.41) is 47.1. The summed E-state index contributed by atoms with van der Waals surface area (Å²) in [6, 6.07) is 0. The van der Waals surface area contributed by atoms with Crippen molar-refractivity contribution >= 4 is 5.97 Å². The Morgan fingerprint density at radius 3 is 1.98 bits per heavy atom. The fourth-order valence-corrected chi connectivity index (χ4v) is 13.7. The molecule has 0 radical (unpaired) electrons. The standard InChI is InChI=1S/C44H68O14/c1-21-38(55-36-18-31(46)39(22(2)52-36)56-37-19-32-40(23(3)53-37)58-41(4,5)57-32)30(45)17-35(51-21)54-26-10-12-42(6)25(15-26)8-9-28-29(42)16-33(47)43(7)27(11-13-44(28,43)49)24-14-34(48)50-20-24/h14,21-23,25-33,35-40,45-47,49H,8-13,15-20H2,1-7H3/t21?,22?,23?,25-,26+,27-,28-,29+,30-,31-,32-,33-,35+,36-,37+,38?,39?,40?,42+,43+,44+/m1/s1. The van der Waals surface area contributed by atoms with Crippen LogP contribution in [-0.2, 0) is 47.4 Å². The molecule has 9 rings (SSSR count). The lowest BCUT2D eigenvalue weighted by Gasteiger charge is -2.65. The molecule has 9 aliphatic rings.